The summed E-state index contributed by atoms with van der Waals surface area (Å²) in [6, 6.07) is 7.36. The normalized spacial score (nSPS) is 11.8. The second-order valence-corrected chi connectivity index (χ2v) is 9.31. The molecule has 2 heterocycles. The van der Waals surface area contributed by atoms with Gasteiger partial charge >= 0.3 is 0 Å². The number of H-pyrrole nitrogens is 2. The van der Waals surface area contributed by atoms with E-state index in [4.69, 9.17) is 0 Å². The zero-order valence-electron chi connectivity index (χ0n) is 17.8. The quantitative estimate of drug-likeness (QED) is 0.285. The molecular formula is C23H15F4N5O2S. The van der Waals surface area contributed by atoms with Gasteiger partial charge in [-0.15, -0.1) is 0 Å². The lowest BCUT2D eigenvalue weighted by molar-refractivity contribution is 0.582. The predicted octanol–water partition coefficient (Wildman–Crippen LogP) is 5.29. The summed E-state index contributed by atoms with van der Waals surface area (Å²) in [6.45, 7) is 1.44. The number of fused-ring (bicyclic) bond motifs is 1. The Balaban J connectivity index is 1.60. The van der Waals surface area contributed by atoms with Crippen LogP contribution in [0.3, 0.4) is 0 Å². The largest absolute Gasteiger partial charge is 0.343 e. The Hall–Kier alpha value is -4.19. The van der Waals surface area contributed by atoms with Crippen molar-refractivity contribution in [1.82, 2.24) is 20.2 Å². The number of aromatic nitrogens is 4. The van der Waals surface area contributed by atoms with Crippen LogP contribution >= 0.6 is 0 Å². The molecule has 5 aromatic rings. The van der Waals surface area contributed by atoms with Crippen LogP contribution in [0.5, 0.6) is 0 Å². The molecule has 2 aromatic heterocycles. The van der Waals surface area contributed by atoms with Gasteiger partial charge in [0.2, 0.25) is 0 Å². The van der Waals surface area contributed by atoms with Crippen LogP contribution < -0.4 is 4.72 Å². The van der Waals surface area contributed by atoms with Gasteiger partial charge in [-0.25, -0.2) is 31.0 Å². The molecule has 0 spiro atoms. The monoisotopic (exact) mass is 501 g/mol. The van der Waals surface area contributed by atoms with E-state index in [2.05, 4.69) is 20.2 Å². The summed E-state index contributed by atoms with van der Waals surface area (Å²) >= 11 is 0. The zero-order valence-corrected chi connectivity index (χ0v) is 18.6. The van der Waals surface area contributed by atoms with Gasteiger partial charge in [0.15, 0.2) is 17.5 Å². The molecule has 0 aliphatic heterocycles. The first-order valence-corrected chi connectivity index (χ1v) is 11.6. The van der Waals surface area contributed by atoms with Crippen molar-refractivity contribution in [2.45, 2.75) is 11.8 Å². The fraction of sp³-hybridized carbons (Fsp3) is 0.0435. The Morgan fingerprint density at radius 2 is 1.77 bits per heavy atom. The molecule has 0 aliphatic carbocycles. The van der Waals surface area contributed by atoms with Gasteiger partial charge in [-0.05, 0) is 42.8 Å². The summed E-state index contributed by atoms with van der Waals surface area (Å²) in [5, 5.41) is 6.87. The molecule has 0 amide bonds. The van der Waals surface area contributed by atoms with Gasteiger partial charge in [0, 0.05) is 23.3 Å². The minimum absolute atomic E-state index is 0.186. The van der Waals surface area contributed by atoms with Crippen LogP contribution in [0.25, 0.3) is 33.5 Å². The molecule has 3 N–H and O–H groups in total. The molecule has 12 heteroatoms. The zero-order chi connectivity index (χ0) is 24.9. The van der Waals surface area contributed by atoms with Crippen molar-refractivity contribution in [2.24, 2.45) is 0 Å². The Morgan fingerprint density at radius 3 is 2.51 bits per heavy atom. The van der Waals surface area contributed by atoms with Crippen molar-refractivity contribution in [2.75, 3.05) is 4.72 Å². The highest BCUT2D eigenvalue weighted by Crippen LogP contribution is 2.37. The minimum atomic E-state index is -4.44. The molecule has 0 saturated carbocycles. The van der Waals surface area contributed by atoms with Gasteiger partial charge < -0.3 is 4.98 Å². The van der Waals surface area contributed by atoms with Gasteiger partial charge in [0.1, 0.15) is 22.8 Å². The third kappa shape index (κ3) is 3.81. The standard InChI is InChI=1S/C23H15F4N5O2S/c1-11-2-3-12(24)10-17(11)35(33,34)32-16-7-6-15(25)18(20(16)27)13-4-5-14-21(19(13)26)30-31-22(14)23-28-8-9-29-23/h2-10,32H,1H3,(H,28,29)(H,30,31). The average Bonchev–Trinajstić information content (AvgIpc) is 3.49. The molecule has 0 bridgehead atoms. The van der Waals surface area contributed by atoms with E-state index in [-0.39, 0.29) is 11.1 Å². The molecule has 0 fully saturated rings. The van der Waals surface area contributed by atoms with Gasteiger partial charge in [-0.2, -0.15) is 5.10 Å². The number of imidazole rings is 1. The van der Waals surface area contributed by atoms with Gasteiger partial charge in [0.25, 0.3) is 10.0 Å². The SMILES string of the molecule is Cc1ccc(F)cc1S(=O)(=O)Nc1ccc(F)c(-c2ccc3c(-c4ncc[nH]4)[nH]nc3c2F)c1F. The summed E-state index contributed by atoms with van der Waals surface area (Å²) in [6.07, 6.45) is 3.06. The molecule has 0 aliphatic rings. The second kappa shape index (κ2) is 8.24. The molecule has 3 aromatic carbocycles. The lowest BCUT2D eigenvalue weighted by Gasteiger charge is -2.14. The Labute approximate surface area is 195 Å². The molecular weight excluding hydrogens is 486 g/mol. The topological polar surface area (TPSA) is 104 Å². The molecule has 35 heavy (non-hydrogen) atoms. The smallest absolute Gasteiger partial charge is 0.262 e. The number of anilines is 1. The lowest BCUT2D eigenvalue weighted by Crippen LogP contribution is -2.16. The summed E-state index contributed by atoms with van der Waals surface area (Å²) in [5.74, 6) is -3.90. The summed E-state index contributed by atoms with van der Waals surface area (Å²) in [7, 11) is -4.44. The third-order valence-electron chi connectivity index (χ3n) is 5.44. The number of aromatic amines is 2. The maximum Gasteiger partial charge on any atom is 0.262 e. The summed E-state index contributed by atoms with van der Waals surface area (Å²) < 4.78 is 86.7. The van der Waals surface area contributed by atoms with Crippen LogP contribution in [0, 0.1) is 30.2 Å². The van der Waals surface area contributed by atoms with Crippen molar-refractivity contribution in [3.05, 3.63) is 83.7 Å². The highest BCUT2D eigenvalue weighted by molar-refractivity contribution is 7.92. The van der Waals surface area contributed by atoms with E-state index in [1.807, 2.05) is 4.72 Å². The molecule has 0 saturated heterocycles. The number of nitrogens with one attached hydrogen (secondary N) is 3. The van der Waals surface area contributed by atoms with E-state index in [1.165, 1.54) is 25.3 Å². The lowest BCUT2D eigenvalue weighted by atomic mass is 10.0. The van der Waals surface area contributed by atoms with Crippen LogP contribution in [-0.4, -0.2) is 28.6 Å². The van der Waals surface area contributed by atoms with Crippen molar-refractivity contribution in [3.8, 4) is 22.6 Å². The van der Waals surface area contributed by atoms with Gasteiger partial charge in [-0.3, -0.25) is 9.82 Å². The maximum absolute atomic E-state index is 15.4. The first kappa shape index (κ1) is 22.6. The van der Waals surface area contributed by atoms with E-state index >= 15 is 8.78 Å². The Morgan fingerprint density at radius 1 is 0.971 bits per heavy atom. The van der Waals surface area contributed by atoms with E-state index < -0.39 is 55.0 Å². The predicted molar refractivity (Wildman–Crippen MR) is 121 cm³/mol. The first-order chi connectivity index (χ1) is 16.7. The van der Waals surface area contributed by atoms with Crippen LogP contribution in [-0.2, 0) is 10.0 Å². The maximum atomic E-state index is 15.4. The fourth-order valence-corrected chi connectivity index (χ4v) is 5.08. The van der Waals surface area contributed by atoms with E-state index in [0.29, 0.717) is 16.9 Å². The number of nitrogens with zero attached hydrogens (tertiary/aromatic N) is 2. The number of benzene rings is 3. The van der Waals surface area contributed by atoms with E-state index in [9.17, 15) is 17.2 Å². The van der Waals surface area contributed by atoms with E-state index in [0.717, 1.165) is 30.3 Å². The second-order valence-electron chi connectivity index (χ2n) is 7.66. The van der Waals surface area contributed by atoms with Gasteiger partial charge in [0.05, 0.1) is 16.1 Å². The third-order valence-corrected chi connectivity index (χ3v) is 6.95. The number of aryl methyl sites for hydroxylation is 1. The fourth-order valence-electron chi connectivity index (χ4n) is 3.76. The molecule has 0 unspecified atom stereocenters. The first-order valence-electron chi connectivity index (χ1n) is 10.1. The number of hydrogen-bond acceptors (Lipinski definition) is 4. The Bertz CT molecular complexity index is 1700. The highest BCUT2D eigenvalue weighted by atomic mass is 32.2. The van der Waals surface area contributed by atoms with E-state index in [1.54, 1.807) is 6.20 Å². The van der Waals surface area contributed by atoms with Crippen molar-refractivity contribution in [3.63, 3.8) is 0 Å². The van der Waals surface area contributed by atoms with Crippen LogP contribution in [0.1, 0.15) is 5.56 Å². The minimum Gasteiger partial charge on any atom is -0.343 e. The molecule has 178 valence electrons. The molecule has 0 radical (unpaired) electrons. The van der Waals surface area contributed by atoms with Crippen molar-refractivity contribution < 1.29 is 26.0 Å². The molecule has 5 rings (SSSR count). The summed E-state index contributed by atoms with van der Waals surface area (Å²) in [4.78, 5) is 6.50. The van der Waals surface area contributed by atoms with Crippen LogP contribution in [0.15, 0.2) is 59.8 Å². The van der Waals surface area contributed by atoms with Crippen molar-refractivity contribution >= 4 is 26.6 Å². The molecule has 0 atom stereocenters. The summed E-state index contributed by atoms with van der Waals surface area (Å²) in [5.41, 5.74) is -1.49. The number of sulfonamides is 1. The number of hydrogen-bond donors (Lipinski definition) is 3. The molecule has 7 nitrogen and oxygen atoms in total. The van der Waals surface area contributed by atoms with Crippen molar-refractivity contribution in [1.29, 1.82) is 0 Å². The Kier molecular flexibility index (Phi) is 5.32. The van der Waals surface area contributed by atoms with Crippen LogP contribution in [0.2, 0.25) is 0 Å². The number of rotatable bonds is 5. The highest BCUT2D eigenvalue weighted by Gasteiger charge is 2.25. The number of halogens is 4. The average molecular weight is 501 g/mol. The van der Waals surface area contributed by atoms with Crippen LogP contribution in [0.4, 0.5) is 23.2 Å². The van der Waals surface area contributed by atoms with Gasteiger partial charge in [-0.1, -0.05) is 12.1 Å².